The molecule has 106 valence electrons. The van der Waals surface area contributed by atoms with Gasteiger partial charge in [-0.1, -0.05) is 51.9 Å². The molecule has 0 N–H and O–H groups in total. The van der Waals surface area contributed by atoms with Crippen LogP contribution in [0.1, 0.15) is 71.6 Å². The molecule has 0 spiro atoms. The first-order valence-electron chi connectivity index (χ1n) is 7.29. The standard InChI is InChI=1S/C15H34N.ClH/c1-6-7-8-9-10-11-12-13-14-15(2)16(3,4)5;/h15H,6-14H2,1-5H3;1H/q+1;/p-1. The van der Waals surface area contributed by atoms with Crippen LogP contribution >= 0.6 is 0 Å². The Morgan fingerprint density at radius 1 is 0.765 bits per heavy atom. The monoisotopic (exact) mass is 263 g/mol. The van der Waals surface area contributed by atoms with E-state index in [-0.39, 0.29) is 12.4 Å². The van der Waals surface area contributed by atoms with Crippen LogP contribution in [-0.4, -0.2) is 31.7 Å². The van der Waals surface area contributed by atoms with Gasteiger partial charge < -0.3 is 16.9 Å². The minimum Gasteiger partial charge on any atom is -1.00 e. The average molecular weight is 264 g/mol. The molecule has 1 nitrogen and oxygen atoms in total. The second-order valence-corrected chi connectivity index (χ2v) is 6.23. The molecule has 0 aromatic heterocycles. The molecule has 0 aromatic carbocycles. The lowest BCUT2D eigenvalue weighted by Crippen LogP contribution is -3.00. The van der Waals surface area contributed by atoms with Crippen molar-refractivity contribution in [2.24, 2.45) is 0 Å². The summed E-state index contributed by atoms with van der Waals surface area (Å²) in [6.07, 6.45) is 12.9. The molecule has 0 aromatic rings. The van der Waals surface area contributed by atoms with Gasteiger partial charge in [-0.25, -0.2) is 0 Å². The summed E-state index contributed by atoms with van der Waals surface area (Å²) in [5.74, 6) is 0. The minimum absolute atomic E-state index is 0. The molecule has 0 aliphatic carbocycles. The molecule has 0 saturated carbocycles. The lowest BCUT2D eigenvalue weighted by molar-refractivity contribution is -0.894. The van der Waals surface area contributed by atoms with Crippen molar-refractivity contribution >= 4 is 0 Å². The summed E-state index contributed by atoms with van der Waals surface area (Å²) in [6, 6.07) is 0.806. The van der Waals surface area contributed by atoms with Crippen molar-refractivity contribution in [1.82, 2.24) is 0 Å². The average Bonchev–Trinajstić information content (AvgIpc) is 2.20. The van der Waals surface area contributed by atoms with Gasteiger partial charge in [0, 0.05) is 0 Å². The van der Waals surface area contributed by atoms with Gasteiger partial charge in [-0.15, -0.1) is 0 Å². The van der Waals surface area contributed by atoms with E-state index in [1.54, 1.807) is 0 Å². The highest BCUT2D eigenvalue weighted by molar-refractivity contribution is 4.52. The van der Waals surface area contributed by atoms with Crippen LogP contribution in [-0.2, 0) is 0 Å². The van der Waals surface area contributed by atoms with Gasteiger partial charge in [-0.3, -0.25) is 0 Å². The predicted molar refractivity (Wildman–Crippen MR) is 74.7 cm³/mol. The van der Waals surface area contributed by atoms with Crippen molar-refractivity contribution < 1.29 is 16.9 Å². The SMILES string of the molecule is CCCCCCCCCCC(C)[N+](C)(C)C.[Cl-]. The Kier molecular flexibility index (Phi) is 13.1. The lowest BCUT2D eigenvalue weighted by Gasteiger charge is -2.31. The zero-order valence-corrected chi connectivity index (χ0v) is 13.5. The number of nitrogens with zero attached hydrogens (tertiary/aromatic N) is 1. The Morgan fingerprint density at radius 2 is 1.18 bits per heavy atom. The third kappa shape index (κ3) is 12.5. The summed E-state index contributed by atoms with van der Waals surface area (Å²) >= 11 is 0. The maximum atomic E-state index is 2.38. The van der Waals surface area contributed by atoms with Crippen molar-refractivity contribution in [1.29, 1.82) is 0 Å². The number of halogens is 1. The molecule has 0 fully saturated rings. The highest BCUT2D eigenvalue weighted by atomic mass is 35.5. The fourth-order valence-corrected chi connectivity index (χ4v) is 1.96. The first kappa shape index (κ1) is 19.6. The van der Waals surface area contributed by atoms with Crippen LogP contribution in [0, 0.1) is 0 Å². The number of hydrogen-bond donors (Lipinski definition) is 0. The number of hydrogen-bond acceptors (Lipinski definition) is 0. The largest absolute Gasteiger partial charge is 1.00 e. The number of rotatable bonds is 10. The highest BCUT2D eigenvalue weighted by Gasteiger charge is 2.16. The van der Waals surface area contributed by atoms with Crippen LogP contribution < -0.4 is 12.4 Å². The Bertz CT molecular complexity index is 151. The number of unbranched alkanes of at least 4 members (excludes halogenated alkanes) is 7. The zero-order valence-electron chi connectivity index (χ0n) is 12.8. The topological polar surface area (TPSA) is 0 Å². The van der Waals surface area contributed by atoms with Crippen LogP contribution in [0.25, 0.3) is 0 Å². The predicted octanol–water partition coefficient (Wildman–Crippen LogP) is 1.62. The van der Waals surface area contributed by atoms with Gasteiger partial charge in [-0.05, 0) is 19.8 Å². The van der Waals surface area contributed by atoms with Crippen molar-refractivity contribution in [3.05, 3.63) is 0 Å². The van der Waals surface area contributed by atoms with Crippen molar-refractivity contribution in [2.45, 2.75) is 77.7 Å². The third-order valence-corrected chi connectivity index (χ3v) is 3.80. The Labute approximate surface area is 116 Å². The molecule has 1 atom stereocenters. The second-order valence-electron chi connectivity index (χ2n) is 6.23. The van der Waals surface area contributed by atoms with Gasteiger partial charge in [0.15, 0.2) is 0 Å². The summed E-state index contributed by atoms with van der Waals surface area (Å²) < 4.78 is 1.11. The molecule has 17 heavy (non-hydrogen) atoms. The summed E-state index contributed by atoms with van der Waals surface area (Å²) in [5.41, 5.74) is 0. The fourth-order valence-electron chi connectivity index (χ4n) is 1.96. The summed E-state index contributed by atoms with van der Waals surface area (Å²) in [4.78, 5) is 0. The zero-order chi connectivity index (χ0) is 12.4. The smallest absolute Gasteiger partial charge is 0.0855 e. The van der Waals surface area contributed by atoms with Gasteiger partial charge in [0.25, 0.3) is 0 Å². The van der Waals surface area contributed by atoms with Gasteiger partial charge >= 0.3 is 0 Å². The summed E-state index contributed by atoms with van der Waals surface area (Å²) in [6.45, 7) is 4.66. The minimum atomic E-state index is 0. The van der Waals surface area contributed by atoms with Crippen molar-refractivity contribution in [3.8, 4) is 0 Å². The van der Waals surface area contributed by atoms with Gasteiger partial charge in [-0.2, -0.15) is 0 Å². The molecule has 0 aliphatic rings. The van der Waals surface area contributed by atoms with Crippen LogP contribution in [0.3, 0.4) is 0 Å². The molecule has 1 unspecified atom stereocenters. The van der Waals surface area contributed by atoms with Crippen molar-refractivity contribution in [2.75, 3.05) is 21.1 Å². The first-order valence-corrected chi connectivity index (χ1v) is 7.29. The van der Waals surface area contributed by atoms with Crippen LogP contribution in [0.5, 0.6) is 0 Å². The van der Waals surface area contributed by atoms with E-state index < -0.39 is 0 Å². The normalized spacial score (nSPS) is 13.2. The van der Waals surface area contributed by atoms with Crippen LogP contribution in [0.15, 0.2) is 0 Å². The molecule has 0 heterocycles. The molecule has 0 amide bonds. The second kappa shape index (κ2) is 11.3. The molecular formula is C15H34ClN. The number of quaternary nitrogens is 1. The van der Waals surface area contributed by atoms with E-state index in [1.807, 2.05) is 0 Å². The maximum Gasteiger partial charge on any atom is 0.0855 e. The summed E-state index contributed by atoms with van der Waals surface area (Å²) in [7, 11) is 6.90. The fraction of sp³-hybridized carbons (Fsp3) is 1.00. The molecular weight excluding hydrogens is 230 g/mol. The molecule has 0 radical (unpaired) electrons. The van der Waals surface area contributed by atoms with E-state index >= 15 is 0 Å². The van der Waals surface area contributed by atoms with E-state index in [9.17, 15) is 0 Å². The van der Waals surface area contributed by atoms with E-state index in [2.05, 4.69) is 35.0 Å². The first-order chi connectivity index (χ1) is 7.48. The van der Waals surface area contributed by atoms with Crippen molar-refractivity contribution in [3.63, 3.8) is 0 Å². The van der Waals surface area contributed by atoms with Crippen LogP contribution in [0.4, 0.5) is 0 Å². The molecule has 0 bridgehead atoms. The van der Waals surface area contributed by atoms with E-state index in [4.69, 9.17) is 0 Å². The van der Waals surface area contributed by atoms with Gasteiger partial charge in [0.1, 0.15) is 0 Å². The highest BCUT2D eigenvalue weighted by Crippen LogP contribution is 2.14. The Morgan fingerprint density at radius 3 is 1.59 bits per heavy atom. The van der Waals surface area contributed by atoms with E-state index in [1.165, 1.54) is 57.8 Å². The van der Waals surface area contributed by atoms with Crippen LogP contribution in [0.2, 0.25) is 0 Å². The Balaban J connectivity index is 0. The lowest BCUT2D eigenvalue weighted by atomic mass is 10.0. The molecule has 2 heteroatoms. The molecule has 0 saturated heterocycles. The van der Waals surface area contributed by atoms with E-state index in [0.717, 1.165) is 10.5 Å². The quantitative estimate of drug-likeness (QED) is 0.415. The third-order valence-electron chi connectivity index (χ3n) is 3.80. The summed E-state index contributed by atoms with van der Waals surface area (Å²) in [5, 5.41) is 0. The Hall–Kier alpha value is 0.250. The van der Waals surface area contributed by atoms with Gasteiger partial charge in [0.05, 0.1) is 27.2 Å². The molecule has 0 rings (SSSR count). The van der Waals surface area contributed by atoms with E-state index in [0.29, 0.717) is 0 Å². The van der Waals surface area contributed by atoms with Gasteiger partial charge in [0.2, 0.25) is 0 Å². The maximum absolute atomic E-state index is 2.38. The molecule has 0 aliphatic heterocycles.